The van der Waals surface area contributed by atoms with Crippen LogP contribution in [-0.2, 0) is 0 Å². The van der Waals surface area contributed by atoms with E-state index in [2.05, 4.69) is 143 Å². The van der Waals surface area contributed by atoms with Crippen molar-refractivity contribution in [3.05, 3.63) is 162 Å². The number of rotatable bonds is 6. The molecule has 0 saturated heterocycles. The first-order valence-corrected chi connectivity index (χ1v) is 15.5. The zero-order valence-corrected chi connectivity index (χ0v) is 26.1. The molecule has 2 heterocycles. The summed E-state index contributed by atoms with van der Waals surface area (Å²) >= 11 is 0. The van der Waals surface area contributed by atoms with E-state index in [0.717, 1.165) is 50.0 Å². The number of pyridine rings is 1. The van der Waals surface area contributed by atoms with E-state index in [1.807, 2.05) is 24.3 Å². The first-order valence-electron chi connectivity index (χ1n) is 15.5. The molecule has 0 atom stereocenters. The fourth-order valence-electron chi connectivity index (χ4n) is 6.14. The molecule has 45 heavy (non-hydrogen) atoms. The van der Waals surface area contributed by atoms with Gasteiger partial charge in [0.2, 0.25) is 0 Å². The maximum atomic E-state index is 6.11. The lowest BCUT2D eigenvalue weighted by molar-refractivity contribution is 0.669. The number of aromatic nitrogens is 1. The molecule has 0 aliphatic carbocycles. The van der Waals surface area contributed by atoms with Gasteiger partial charge in [0, 0.05) is 21.9 Å². The fraction of sp³-hybridized carbons (Fsp3) is 0.0930. The summed E-state index contributed by atoms with van der Waals surface area (Å²) < 4.78 is 6.11. The molecule has 0 aliphatic rings. The Hall–Kier alpha value is -5.47. The molecule has 0 saturated carbocycles. The van der Waals surface area contributed by atoms with Crippen molar-refractivity contribution in [3.8, 4) is 33.6 Å². The van der Waals surface area contributed by atoms with Gasteiger partial charge in [-0.15, -0.1) is 0 Å². The molecule has 2 heteroatoms. The average Bonchev–Trinajstić information content (AvgIpc) is 3.46. The summed E-state index contributed by atoms with van der Waals surface area (Å²) in [5.74, 6) is 0. The van der Waals surface area contributed by atoms with Crippen LogP contribution in [0.3, 0.4) is 0 Å². The van der Waals surface area contributed by atoms with E-state index < -0.39 is 0 Å². The van der Waals surface area contributed by atoms with Gasteiger partial charge in [-0.1, -0.05) is 109 Å². The largest absolute Gasteiger partial charge is 0.456 e. The molecule has 0 spiro atoms. The van der Waals surface area contributed by atoms with Crippen molar-refractivity contribution in [3.63, 3.8) is 0 Å². The molecule has 0 bridgehead atoms. The third-order valence-corrected chi connectivity index (χ3v) is 8.55. The summed E-state index contributed by atoms with van der Waals surface area (Å²) in [4.78, 5) is 5.08. The molecule has 0 unspecified atom stereocenters. The predicted molar refractivity (Wildman–Crippen MR) is 191 cm³/mol. The van der Waals surface area contributed by atoms with Crippen LogP contribution in [-0.4, -0.2) is 4.98 Å². The van der Waals surface area contributed by atoms with E-state index in [0.29, 0.717) is 0 Å². The Morgan fingerprint density at radius 2 is 1.18 bits per heavy atom. The summed E-state index contributed by atoms with van der Waals surface area (Å²) in [6.45, 7) is 8.79. The second-order valence-electron chi connectivity index (χ2n) is 11.9. The molecule has 218 valence electrons. The number of allylic oxidation sites excluding steroid dienone is 4. The van der Waals surface area contributed by atoms with Gasteiger partial charge in [0.1, 0.15) is 11.2 Å². The third kappa shape index (κ3) is 5.63. The molecule has 2 aromatic heterocycles. The van der Waals surface area contributed by atoms with E-state index in [9.17, 15) is 0 Å². The maximum Gasteiger partial charge on any atom is 0.135 e. The number of furan rings is 1. The van der Waals surface area contributed by atoms with E-state index in [1.54, 1.807) is 0 Å². The minimum Gasteiger partial charge on any atom is -0.456 e. The van der Waals surface area contributed by atoms with Crippen molar-refractivity contribution in [2.24, 2.45) is 0 Å². The summed E-state index contributed by atoms with van der Waals surface area (Å²) in [6.07, 6.45) is 2.34. The van der Waals surface area contributed by atoms with Crippen LogP contribution in [0.25, 0.3) is 66.7 Å². The molecule has 2 nitrogen and oxygen atoms in total. The Morgan fingerprint density at radius 1 is 0.556 bits per heavy atom. The van der Waals surface area contributed by atoms with Gasteiger partial charge in [-0.05, 0) is 103 Å². The molecule has 0 amide bonds. The van der Waals surface area contributed by atoms with Crippen molar-refractivity contribution in [1.82, 2.24) is 4.98 Å². The molecular formula is C43H35NO. The van der Waals surface area contributed by atoms with E-state index >= 15 is 0 Å². The first-order chi connectivity index (χ1) is 21.9. The van der Waals surface area contributed by atoms with Gasteiger partial charge in [0.15, 0.2) is 0 Å². The summed E-state index contributed by atoms with van der Waals surface area (Å²) in [5, 5.41) is 2.29. The zero-order valence-electron chi connectivity index (χ0n) is 26.1. The number of hydrogen-bond donors (Lipinski definition) is 0. The van der Waals surface area contributed by atoms with Crippen LogP contribution in [0.4, 0.5) is 0 Å². The Bertz CT molecular complexity index is 2170. The molecule has 7 rings (SSSR count). The molecule has 7 aromatic rings. The number of nitrogens with zero attached hydrogens (tertiary/aromatic N) is 1. The van der Waals surface area contributed by atoms with Crippen LogP contribution in [0.5, 0.6) is 0 Å². The Kier molecular flexibility index (Phi) is 7.49. The zero-order chi connectivity index (χ0) is 30.9. The standard InChI is InChI=1S/C43H35NO/c1-28(2)37(34-21-22-43-39(25-34)36-17-11-12-18-42(36)45-43)23-30(4)38-24-33(20-19-29(38)3)35-26-40(31-13-7-5-8-14-31)44-41(27-35)32-15-9-6-10-16-32/h5-27H,1-4H3/b30-23+. The van der Waals surface area contributed by atoms with Gasteiger partial charge in [-0.3, -0.25) is 0 Å². The highest BCUT2D eigenvalue weighted by atomic mass is 16.3. The van der Waals surface area contributed by atoms with E-state index in [4.69, 9.17) is 9.40 Å². The minimum atomic E-state index is 0.916. The van der Waals surface area contributed by atoms with Crippen LogP contribution in [0, 0.1) is 6.92 Å². The van der Waals surface area contributed by atoms with Gasteiger partial charge in [0.25, 0.3) is 0 Å². The van der Waals surface area contributed by atoms with Crippen LogP contribution in [0.1, 0.15) is 37.5 Å². The summed E-state index contributed by atoms with van der Waals surface area (Å²) in [7, 11) is 0. The van der Waals surface area contributed by atoms with Crippen molar-refractivity contribution in [2.45, 2.75) is 27.7 Å². The Labute approximate surface area is 265 Å². The number of aryl methyl sites for hydroxylation is 1. The molecular weight excluding hydrogens is 546 g/mol. The molecule has 0 radical (unpaired) electrons. The smallest absolute Gasteiger partial charge is 0.135 e. The first kappa shape index (κ1) is 28.3. The predicted octanol–water partition coefficient (Wildman–Crippen LogP) is 12.2. The third-order valence-electron chi connectivity index (χ3n) is 8.55. The summed E-state index contributed by atoms with van der Waals surface area (Å²) in [6, 6.07) is 46.9. The molecule has 0 fully saturated rings. The highest BCUT2D eigenvalue weighted by Crippen LogP contribution is 2.35. The lowest BCUT2D eigenvalue weighted by Crippen LogP contribution is -1.93. The molecule has 0 aliphatic heterocycles. The Morgan fingerprint density at radius 3 is 1.84 bits per heavy atom. The minimum absolute atomic E-state index is 0.916. The van der Waals surface area contributed by atoms with Gasteiger partial charge >= 0.3 is 0 Å². The summed E-state index contributed by atoms with van der Waals surface area (Å²) in [5.41, 5.74) is 15.7. The average molecular weight is 582 g/mol. The Balaban J connectivity index is 1.31. The van der Waals surface area contributed by atoms with Crippen LogP contribution in [0.15, 0.2) is 150 Å². The quantitative estimate of drug-likeness (QED) is 0.183. The lowest BCUT2D eigenvalue weighted by Gasteiger charge is -2.14. The van der Waals surface area contributed by atoms with Crippen LogP contribution >= 0.6 is 0 Å². The van der Waals surface area contributed by atoms with Gasteiger partial charge in [0.05, 0.1) is 11.4 Å². The lowest BCUT2D eigenvalue weighted by atomic mass is 9.91. The van der Waals surface area contributed by atoms with Gasteiger partial charge in [-0.25, -0.2) is 4.98 Å². The topological polar surface area (TPSA) is 26.0 Å². The van der Waals surface area contributed by atoms with Crippen molar-refractivity contribution < 1.29 is 4.42 Å². The normalized spacial score (nSPS) is 11.7. The second kappa shape index (κ2) is 11.9. The number of fused-ring (bicyclic) bond motifs is 3. The second-order valence-corrected chi connectivity index (χ2v) is 11.9. The van der Waals surface area contributed by atoms with Gasteiger partial charge < -0.3 is 4.42 Å². The number of hydrogen-bond acceptors (Lipinski definition) is 2. The van der Waals surface area contributed by atoms with Gasteiger partial charge in [-0.2, -0.15) is 0 Å². The van der Waals surface area contributed by atoms with Crippen molar-refractivity contribution in [1.29, 1.82) is 0 Å². The molecule has 0 N–H and O–H groups in total. The van der Waals surface area contributed by atoms with Crippen molar-refractivity contribution in [2.75, 3.05) is 0 Å². The fourth-order valence-corrected chi connectivity index (χ4v) is 6.14. The van der Waals surface area contributed by atoms with Crippen LogP contribution in [0.2, 0.25) is 0 Å². The number of para-hydroxylation sites is 1. The number of benzene rings is 5. The SMILES string of the molecule is CC(C)=C(/C=C(\C)c1cc(-c2cc(-c3ccccc3)nc(-c3ccccc3)c2)ccc1C)c1ccc2oc3ccccc3c2c1. The van der Waals surface area contributed by atoms with Crippen LogP contribution < -0.4 is 0 Å². The van der Waals surface area contributed by atoms with E-state index in [-0.39, 0.29) is 0 Å². The maximum absolute atomic E-state index is 6.11. The highest BCUT2D eigenvalue weighted by Gasteiger charge is 2.13. The molecule has 5 aromatic carbocycles. The highest BCUT2D eigenvalue weighted by molar-refractivity contribution is 6.06. The monoisotopic (exact) mass is 581 g/mol. The van der Waals surface area contributed by atoms with Crippen molar-refractivity contribution >= 4 is 33.1 Å². The van der Waals surface area contributed by atoms with E-state index in [1.165, 1.54) is 39.0 Å².